The van der Waals surface area contributed by atoms with Gasteiger partial charge in [-0.25, -0.2) is 4.98 Å². The van der Waals surface area contributed by atoms with Gasteiger partial charge in [0.1, 0.15) is 17.5 Å². The molecule has 8 nitrogen and oxygen atoms in total. The third-order valence-electron chi connectivity index (χ3n) is 4.78. The number of pyridine rings is 1. The number of hydrogen-bond acceptors (Lipinski definition) is 5. The zero-order chi connectivity index (χ0) is 18.7. The summed E-state index contributed by atoms with van der Waals surface area (Å²) in [5.41, 5.74) is 0.860. The molecule has 0 aromatic carbocycles. The predicted octanol–water partition coefficient (Wildman–Crippen LogP) is 2.10. The average Bonchev–Trinajstić information content (AvgIpc) is 3.02. The van der Waals surface area contributed by atoms with Crippen molar-refractivity contribution >= 4 is 16.0 Å². The van der Waals surface area contributed by atoms with Gasteiger partial charge in [0, 0.05) is 31.2 Å². The molecule has 0 saturated carbocycles. The number of rotatable bonds is 6. The Labute approximate surface area is 154 Å². The SMILES string of the molecule is CCc1cccc(NS(=O)(=O)N2CCC(n3c(C)nnc3CC)CC2)n1. The van der Waals surface area contributed by atoms with E-state index in [-0.39, 0.29) is 6.04 Å². The maximum absolute atomic E-state index is 12.7. The second-order valence-electron chi connectivity index (χ2n) is 6.49. The summed E-state index contributed by atoms with van der Waals surface area (Å²) in [6, 6.07) is 5.62. The molecule has 26 heavy (non-hydrogen) atoms. The highest BCUT2D eigenvalue weighted by Gasteiger charge is 2.30. The van der Waals surface area contributed by atoms with E-state index in [9.17, 15) is 8.42 Å². The van der Waals surface area contributed by atoms with Crippen molar-refractivity contribution in [3.8, 4) is 0 Å². The van der Waals surface area contributed by atoms with Gasteiger partial charge in [-0.15, -0.1) is 10.2 Å². The van der Waals surface area contributed by atoms with Gasteiger partial charge in [-0.2, -0.15) is 12.7 Å². The molecule has 0 radical (unpaired) electrons. The highest BCUT2D eigenvalue weighted by molar-refractivity contribution is 7.90. The second-order valence-corrected chi connectivity index (χ2v) is 8.16. The van der Waals surface area contributed by atoms with Gasteiger partial charge in [-0.3, -0.25) is 4.72 Å². The van der Waals surface area contributed by atoms with Crippen molar-refractivity contribution in [2.75, 3.05) is 17.8 Å². The van der Waals surface area contributed by atoms with E-state index < -0.39 is 10.2 Å². The maximum atomic E-state index is 12.7. The third-order valence-corrected chi connectivity index (χ3v) is 6.30. The van der Waals surface area contributed by atoms with E-state index in [1.54, 1.807) is 6.07 Å². The minimum absolute atomic E-state index is 0.243. The van der Waals surface area contributed by atoms with Crippen LogP contribution >= 0.6 is 0 Å². The maximum Gasteiger partial charge on any atom is 0.302 e. The summed E-state index contributed by atoms with van der Waals surface area (Å²) < 4.78 is 31.6. The molecule has 3 heterocycles. The molecular weight excluding hydrogens is 352 g/mol. The van der Waals surface area contributed by atoms with Crippen molar-refractivity contribution in [1.29, 1.82) is 0 Å². The van der Waals surface area contributed by atoms with E-state index in [1.165, 1.54) is 4.31 Å². The molecule has 1 aliphatic rings. The first-order chi connectivity index (χ1) is 12.4. The van der Waals surface area contributed by atoms with E-state index in [1.807, 2.05) is 26.0 Å². The Morgan fingerprint density at radius 1 is 1.15 bits per heavy atom. The third kappa shape index (κ3) is 3.88. The molecule has 2 aromatic heterocycles. The van der Waals surface area contributed by atoms with Gasteiger partial charge in [0.05, 0.1) is 0 Å². The van der Waals surface area contributed by atoms with Crippen molar-refractivity contribution in [2.45, 2.75) is 52.5 Å². The van der Waals surface area contributed by atoms with Crippen molar-refractivity contribution in [1.82, 2.24) is 24.1 Å². The van der Waals surface area contributed by atoms with E-state index in [0.717, 1.165) is 43.0 Å². The van der Waals surface area contributed by atoms with Crippen LogP contribution < -0.4 is 4.72 Å². The molecule has 9 heteroatoms. The predicted molar refractivity (Wildman–Crippen MR) is 100 cm³/mol. The first-order valence-corrected chi connectivity index (χ1v) is 10.5. The molecule has 3 rings (SSSR count). The van der Waals surface area contributed by atoms with Crippen LogP contribution in [0, 0.1) is 6.92 Å². The fourth-order valence-corrected chi connectivity index (χ4v) is 4.60. The molecule has 0 bridgehead atoms. The number of hydrogen-bond donors (Lipinski definition) is 1. The van der Waals surface area contributed by atoms with Crippen LogP contribution in [0.25, 0.3) is 0 Å². The standard InChI is InChI=1S/C17H26N6O2S/c1-4-14-7-6-8-16(18-14)21-26(24,25)22-11-9-15(10-12-22)23-13(3)19-20-17(23)5-2/h6-8,15H,4-5,9-12H2,1-3H3,(H,18,21). The molecule has 0 unspecified atom stereocenters. The summed E-state index contributed by atoms with van der Waals surface area (Å²) in [5, 5.41) is 8.37. The van der Waals surface area contributed by atoms with Crippen LogP contribution in [0.4, 0.5) is 5.82 Å². The summed E-state index contributed by atoms with van der Waals surface area (Å²) in [6.07, 6.45) is 3.07. The second kappa shape index (κ2) is 7.71. The topological polar surface area (TPSA) is 93.0 Å². The fourth-order valence-electron chi connectivity index (χ4n) is 3.40. The van der Waals surface area contributed by atoms with E-state index in [0.29, 0.717) is 18.9 Å². The van der Waals surface area contributed by atoms with Crippen LogP contribution in [0.5, 0.6) is 0 Å². The van der Waals surface area contributed by atoms with Crippen LogP contribution in [0.2, 0.25) is 0 Å². The number of aryl methyl sites for hydroxylation is 3. The number of aromatic nitrogens is 4. The van der Waals surface area contributed by atoms with Gasteiger partial charge in [0.2, 0.25) is 0 Å². The molecule has 142 valence electrons. The van der Waals surface area contributed by atoms with Crippen LogP contribution in [0.15, 0.2) is 18.2 Å². The highest BCUT2D eigenvalue weighted by atomic mass is 32.2. The lowest BCUT2D eigenvalue weighted by molar-refractivity contribution is 0.269. The highest BCUT2D eigenvalue weighted by Crippen LogP contribution is 2.26. The van der Waals surface area contributed by atoms with E-state index in [2.05, 4.69) is 31.4 Å². The lowest BCUT2D eigenvalue weighted by Gasteiger charge is -2.32. The number of anilines is 1. The number of nitrogens with zero attached hydrogens (tertiary/aromatic N) is 5. The smallest absolute Gasteiger partial charge is 0.302 e. The summed E-state index contributed by atoms with van der Waals surface area (Å²) in [6.45, 7) is 6.93. The van der Waals surface area contributed by atoms with E-state index in [4.69, 9.17) is 0 Å². The molecule has 0 atom stereocenters. The Morgan fingerprint density at radius 3 is 2.54 bits per heavy atom. The van der Waals surface area contributed by atoms with Gasteiger partial charge < -0.3 is 4.57 Å². The van der Waals surface area contributed by atoms with Crippen molar-refractivity contribution in [3.63, 3.8) is 0 Å². The van der Waals surface area contributed by atoms with Gasteiger partial charge in [0.25, 0.3) is 0 Å². The zero-order valence-corrected chi connectivity index (χ0v) is 16.3. The molecule has 1 aliphatic heterocycles. The van der Waals surface area contributed by atoms with Crippen molar-refractivity contribution in [3.05, 3.63) is 35.5 Å². The fraction of sp³-hybridized carbons (Fsp3) is 0.588. The quantitative estimate of drug-likeness (QED) is 0.831. The van der Waals surface area contributed by atoms with Crippen LogP contribution in [-0.2, 0) is 23.1 Å². The number of piperidine rings is 1. The normalized spacial score (nSPS) is 16.7. The Hall–Kier alpha value is -2.00. The Kier molecular flexibility index (Phi) is 5.57. The minimum Gasteiger partial charge on any atom is -0.312 e. The Bertz CT molecular complexity index is 856. The monoisotopic (exact) mass is 378 g/mol. The average molecular weight is 379 g/mol. The zero-order valence-electron chi connectivity index (χ0n) is 15.5. The molecule has 1 N–H and O–H groups in total. The Morgan fingerprint density at radius 2 is 1.88 bits per heavy atom. The van der Waals surface area contributed by atoms with E-state index >= 15 is 0 Å². The first kappa shape index (κ1) is 18.8. The van der Waals surface area contributed by atoms with Crippen molar-refractivity contribution in [2.24, 2.45) is 0 Å². The summed E-state index contributed by atoms with van der Waals surface area (Å²) in [4.78, 5) is 4.32. The lowest BCUT2D eigenvalue weighted by Crippen LogP contribution is -2.42. The molecule has 2 aromatic rings. The van der Waals surface area contributed by atoms with Crippen LogP contribution in [-0.4, -0.2) is 45.6 Å². The largest absolute Gasteiger partial charge is 0.312 e. The van der Waals surface area contributed by atoms with Gasteiger partial charge >= 0.3 is 10.2 Å². The number of nitrogens with one attached hydrogen (secondary N) is 1. The molecule has 0 spiro atoms. The van der Waals surface area contributed by atoms with Crippen LogP contribution in [0.1, 0.15) is 50.1 Å². The molecule has 1 saturated heterocycles. The summed E-state index contributed by atoms with van der Waals surface area (Å²) >= 11 is 0. The van der Waals surface area contributed by atoms with Crippen LogP contribution in [0.3, 0.4) is 0 Å². The molecule has 1 fully saturated rings. The van der Waals surface area contributed by atoms with Gasteiger partial charge in [0.15, 0.2) is 0 Å². The van der Waals surface area contributed by atoms with Crippen molar-refractivity contribution < 1.29 is 8.42 Å². The van der Waals surface area contributed by atoms with Gasteiger partial charge in [-0.1, -0.05) is 19.9 Å². The molecule has 0 aliphatic carbocycles. The van der Waals surface area contributed by atoms with Gasteiger partial charge in [-0.05, 0) is 38.3 Å². The summed E-state index contributed by atoms with van der Waals surface area (Å²) in [7, 11) is -3.60. The molecule has 0 amide bonds. The molecular formula is C17H26N6O2S. The minimum atomic E-state index is -3.60. The first-order valence-electron chi connectivity index (χ1n) is 9.08. The summed E-state index contributed by atoms with van der Waals surface area (Å²) in [5.74, 6) is 2.22. The Balaban J connectivity index is 1.67. The lowest BCUT2D eigenvalue weighted by atomic mass is 10.1.